The van der Waals surface area contributed by atoms with Crippen molar-refractivity contribution in [2.45, 2.75) is 25.3 Å². The zero-order valence-corrected chi connectivity index (χ0v) is 16.4. The van der Waals surface area contributed by atoms with Gasteiger partial charge in [0, 0.05) is 23.4 Å². The normalized spacial score (nSPS) is 16.6. The SMILES string of the molecule is O=C(c1n[nH]c2ccccc12)N1CCCC1c1ncc(Cc2ccc(Cl)cc2)o1. The summed E-state index contributed by atoms with van der Waals surface area (Å²) in [4.78, 5) is 19.5. The Morgan fingerprint density at radius 3 is 2.90 bits per heavy atom. The van der Waals surface area contributed by atoms with Gasteiger partial charge in [-0.2, -0.15) is 5.10 Å². The maximum Gasteiger partial charge on any atom is 0.275 e. The minimum absolute atomic E-state index is 0.0950. The van der Waals surface area contributed by atoms with E-state index in [0.29, 0.717) is 29.6 Å². The Kier molecular flexibility index (Phi) is 4.56. The van der Waals surface area contributed by atoms with Crippen molar-refractivity contribution in [1.82, 2.24) is 20.1 Å². The van der Waals surface area contributed by atoms with Gasteiger partial charge < -0.3 is 9.32 Å². The molecule has 0 saturated carbocycles. The van der Waals surface area contributed by atoms with E-state index < -0.39 is 0 Å². The molecule has 146 valence electrons. The summed E-state index contributed by atoms with van der Waals surface area (Å²) < 4.78 is 6.02. The molecule has 0 aliphatic carbocycles. The number of nitrogens with zero attached hydrogens (tertiary/aromatic N) is 3. The third-order valence-electron chi connectivity index (χ3n) is 5.33. The molecule has 1 saturated heterocycles. The summed E-state index contributed by atoms with van der Waals surface area (Å²) in [6.07, 6.45) is 4.12. The summed E-state index contributed by atoms with van der Waals surface area (Å²) in [5, 5.41) is 8.73. The predicted molar refractivity (Wildman–Crippen MR) is 110 cm³/mol. The van der Waals surface area contributed by atoms with Crippen molar-refractivity contribution in [3.63, 3.8) is 0 Å². The third kappa shape index (κ3) is 3.40. The average Bonchev–Trinajstić information content (AvgIpc) is 3.48. The first-order chi connectivity index (χ1) is 14.2. The number of hydrogen-bond acceptors (Lipinski definition) is 4. The maximum absolute atomic E-state index is 13.2. The zero-order valence-electron chi connectivity index (χ0n) is 15.6. The number of carbonyl (C=O) groups is 1. The molecule has 3 heterocycles. The number of benzene rings is 2. The molecule has 1 atom stereocenters. The van der Waals surface area contributed by atoms with Gasteiger partial charge in [0.15, 0.2) is 5.69 Å². The summed E-state index contributed by atoms with van der Waals surface area (Å²) in [6.45, 7) is 0.666. The molecule has 1 N–H and O–H groups in total. The Bertz CT molecular complexity index is 1170. The molecule has 6 nitrogen and oxygen atoms in total. The van der Waals surface area contributed by atoms with E-state index in [4.69, 9.17) is 16.0 Å². The van der Waals surface area contributed by atoms with Crippen LogP contribution in [0.3, 0.4) is 0 Å². The lowest BCUT2D eigenvalue weighted by molar-refractivity contribution is 0.0710. The summed E-state index contributed by atoms with van der Waals surface area (Å²) in [7, 11) is 0. The largest absolute Gasteiger partial charge is 0.443 e. The van der Waals surface area contributed by atoms with Crippen LogP contribution >= 0.6 is 11.6 Å². The molecule has 7 heteroatoms. The molecule has 1 unspecified atom stereocenters. The fraction of sp³-hybridized carbons (Fsp3) is 0.227. The molecule has 4 aromatic rings. The van der Waals surface area contributed by atoms with Gasteiger partial charge in [-0.05, 0) is 36.6 Å². The number of carbonyl (C=O) groups excluding carboxylic acids is 1. The van der Waals surface area contributed by atoms with Crippen molar-refractivity contribution >= 4 is 28.4 Å². The number of aromatic amines is 1. The highest BCUT2D eigenvalue weighted by Gasteiger charge is 2.35. The molecule has 2 aromatic carbocycles. The quantitative estimate of drug-likeness (QED) is 0.529. The van der Waals surface area contributed by atoms with Crippen LogP contribution in [-0.4, -0.2) is 32.5 Å². The molecule has 1 fully saturated rings. The number of oxazole rings is 1. The van der Waals surface area contributed by atoms with Crippen LogP contribution in [0.1, 0.15) is 46.6 Å². The number of amides is 1. The van der Waals surface area contributed by atoms with E-state index in [2.05, 4.69) is 15.2 Å². The lowest BCUT2D eigenvalue weighted by Gasteiger charge is -2.21. The minimum atomic E-state index is -0.170. The second kappa shape index (κ2) is 7.37. The Labute approximate surface area is 172 Å². The van der Waals surface area contributed by atoms with Gasteiger partial charge >= 0.3 is 0 Å². The van der Waals surface area contributed by atoms with Crippen LogP contribution in [0.25, 0.3) is 10.9 Å². The number of para-hydroxylation sites is 1. The number of rotatable bonds is 4. The molecule has 2 aromatic heterocycles. The number of aromatic nitrogens is 3. The fourth-order valence-electron chi connectivity index (χ4n) is 3.89. The smallest absolute Gasteiger partial charge is 0.275 e. The Balaban J connectivity index is 1.37. The van der Waals surface area contributed by atoms with Gasteiger partial charge in [0.05, 0.1) is 11.7 Å². The highest BCUT2D eigenvalue weighted by Crippen LogP contribution is 2.33. The van der Waals surface area contributed by atoms with Crippen LogP contribution < -0.4 is 0 Å². The monoisotopic (exact) mass is 406 g/mol. The van der Waals surface area contributed by atoms with Gasteiger partial charge in [0.25, 0.3) is 5.91 Å². The van der Waals surface area contributed by atoms with Gasteiger partial charge in [-0.25, -0.2) is 4.98 Å². The first-order valence-corrected chi connectivity index (χ1v) is 10.00. The first-order valence-electron chi connectivity index (χ1n) is 9.62. The summed E-state index contributed by atoms with van der Waals surface area (Å²) in [5.74, 6) is 1.26. The van der Waals surface area contributed by atoms with Crippen molar-refractivity contribution in [3.8, 4) is 0 Å². The van der Waals surface area contributed by atoms with Crippen molar-refractivity contribution in [2.75, 3.05) is 6.54 Å². The molecule has 1 aliphatic rings. The molecule has 1 aliphatic heterocycles. The van der Waals surface area contributed by atoms with E-state index in [1.54, 1.807) is 6.20 Å². The summed E-state index contributed by atoms with van der Waals surface area (Å²) in [5.41, 5.74) is 2.40. The van der Waals surface area contributed by atoms with E-state index >= 15 is 0 Å². The molecule has 1 amide bonds. The topological polar surface area (TPSA) is 75.0 Å². The van der Waals surface area contributed by atoms with Crippen LogP contribution in [0.5, 0.6) is 0 Å². The van der Waals surface area contributed by atoms with E-state index in [1.165, 1.54) is 0 Å². The van der Waals surface area contributed by atoms with Gasteiger partial charge in [0.2, 0.25) is 5.89 Å². The highest BCUT2D eigenvalue weighted by molar-refractivity contribution is 6.30. The Morgan fingerprint density at radius 2 is 2.03 bits per heavy atom. The van der Waals surface area contributed by atoms with Gasteiger partial charge in [0.1, 0.15) is 11.8 Å². The van der Waals surface area contributed by atoms with Crippen LogP contribution in [0.2, 0.25) is 5.02 Å². The molecule has 0 radical (unpaired) electrons. The highest BCUT2D eigenvalue weighted by atomic mass is 35.5. The lowest BCUT2D eigenvalue weighted by atomic mass is 10.1. The summed E-state index contributed by atoms with van der Waals surface area (Å²) >= 11 is 5.95. The molecular formula is C22H19ClN4O2. The Morgan fingerprint density at radius 1 is 1.21 bits per heavy atom. The van der Waals surface area contributed by atoms with Crippen molar-refractivity contribution < 1.29 is 9.21 Å². The van der Waals surface area contributed by atoms with E-state index in [0.717, 1.165) is 35.1 Å². The number of hydrogen-bond donors (Lipinski definition) is 1. The van der Waals surface area contributed by atoms with Crippen molar-refractivity contribution in [2.24, 2.45) is 0 Å². The Hall–Kier alpha value is -3.12. The van der Waals surface area contributed by atoms with Crippen LogP contribution in [0.4, 0.5) is 0 Å². The molecule has 29 heavy (non-hydrogen) atoms. The van der Waals surface area contributed by atoms with Crippen LogP contribution in [0.15, 0.2) is 59.1 Å². The van der Waals surface area contributed by atoms with Crippen molar-refractivity contribution in [1.29, 1.82) is 0 Å². The molecule has 0 bridgehead atoms. The summed E-state index contributed by atoms with van der Waals surface area (Å²) in [6, 6.07) is 15.1. The van der Waals surface area contributed by atoms with Gasteiger partial charge in [-0.1, -0.05) is 41.9 Å². The fourth-order valence-corrected chi connectivity index (χ4v) is 4.02. The van der Waals surface area contributed by atoms with Gasteiger partial charge in [-0.15, -0.1) is 0 Å². The molecule has 0 spiro atoms. The van der Waals surface area contributed by atoms with E-state index in [9.17, 15) is 4.79 Å². The second-order valence-electron chi connectivity index (χ2n) is 7.24. The van der Waals surface area contributed by atoms with Crippen LogP contribution in [0, 0.1) is 0 Å². The average molecular weight is 407 g/mol. The van der Waals surface area contributed by atoms with Gasteiger partial charge in [-0.3, -0.25) is 9.89 Å². The number of nitrogens with one attached hydrogen (secondary N) is 1. The number of halogens is 1. The maximum atomic E-state index is 13.2. The number of H-pyrrole nitrogens is 1. The first kappa shape index (κ1) is 17.9. The minimum Gasteiger partial charge on any atom is -0.443 e. The van der Waals surface area contributed by atoms with Crippen molar-refractivity contribution in [3.05, 3.63) is 82.7 Å². The van der Waals surface area contributed by atoms with E-state index in [1.807, 2.05) is 53.4 Å². The lowest BCUT2D eigenvalue weighted by Crippen LogP contribution is -2.31. The number of fused-ring (bicyclic) bond motifs is 1. The molecule has 5 rings (SSSR count). The number of likely N-dealkylation sites (tertiary alicyclic amines) is 1. The molecular weight excluding hydrogens is 388 g/mol. The predicted octanol–water partition coefficient (Wildman–Crippen LogP) is 4.77. The zero-order chi connectivity index (χ0) is 19.8. The van der Waals surface area contributed by atoms with Crippen LogP contribution in [-0.2, 0) is 6.42 Å². The standard InChI is InChI=1S/C22H19ClN4O2/c23-15-9-7-14(8-10-15)12-16-13-24-21(29-16)19-6-3-11-27(19)22(28)20-17-4-1-2-5-18(17)25-26-20/h1-2,4-5,7-10,13,19H,3,6,11-12H2,(H,25,26). The second-order valence-corrected chi connectivity index (χ2v) is 7.68. The third-order valence-corrected chi connectivity index (χ3v) is 5.59. The van der Waals surface area contributed by atoms with E-state index in [-0.39, 0.29) is 11.9 Å².